The van der Waals surface area contributed by atoms with Crippen molar-refractivity contribution in [2.45, 2.75) is 4.34 Å². The summed E-state index contributed by atoms with van der Waals surface area (Å²) in [7, 11) is 1.46. The minimum atomic E-state index is -0.251. The molecule has 0 saturated heterocycles. The highest BCUT2D eigenvalue weighted by Gasteiger charge is 2.09. The first-order valence-electron chi connectivity index (χ1n) is 8.19. The predicted octanol–water partition coefficient (Wildman–Crippen LogP) is 5.18. The molecule has 6 nitrogen and oxygen atoms in total. The zero-order valence-electron chi connectivity index (χ0n) is 15.1. The van der Waals surface area contributed by atoms with Crippen LogP contribution in [0.5, 0.6) is 11.5 Å². The number of thiazole rings is 1. The average Bonchev–Trinajstić information content (AvgIpc) is 3.18. The third-order valence-corrected chi connectivity index (χ3v) is 6.50. The Labute approximate surface area is 189 Å². The summed E-state index contributed by atoms with van der Waals surface area (Å²) in [6.45, 7) is 0. The molecule has 0 aliphatic carbocycles. The number of thioether (sulfide) groups is 1. The number of ether oxygens (including phenoxy) is 1. The molecular formula is C19H15BrClN3O3S2. The van der Waals surface area contributed by atoms with Crippen LogP contribution in [0.15, 0.2) is 55.7 Å². The maximum Gasteiger partial charge on any atom is 0.250 e. The molecule has 2 aromatic carbocycles. The normalized spacial score (nSPS) is 11.0. The number of hydrogen-bond donors (Lipinski definition) is 2. The monoisotopic (exact) mass is 511 g/mol. The summed E-state index contributed by atoms with van der Waals surface area (Å²) in [6, 6.07) is 10.7. The molecule has 1 heterocycles. The fraction of sp³-hybridized carbons (Fsp3) is 0.105. The number of aromatic nitrogens is 1. The molecule has 3 rings (SSSR count). The van der Waals surface area contributed by atoms with E-state index >= 15 is 0 Å². The average molecular weight is 513 g/mol. The van der Waals surface area contributed by atoms with Crippen molar-refractivity contribution in [3.05, 3.63) is 56.8 Å². The number of carbonyl (C=O) groups excluding carboxylic acids is 1. The lowest BCUT2D eigenvalue weighted by molar-refractivity contribution is -0.118. The van der Waals surface area contributed by atoms with Gasteiger partial charge in [-0.3, -0.25) is 4.79 Å². The van der Waals surface area contributed by atoms with E-state index < -0.39 is 0 Å². The molecule has 0 unspecified atom stereocenters. The quantitative estimate of drug-likeness (QED) is 0.259. The number of nitrogens with one attached hydrogen (secondary N) is 1. The zero-order chi connectivity index (χ0) is 20.8. The summed E-state index contributed by atoms with van der Waals surface area (Å²) in [5, 5.41) is 16.4. The van der Waals surface area contributed by atoms with Gasteiger partial charge in [-0.15, -0.1) is 11.3 Å². The molecule has 0 aliphatic rings. The van der Waals surface area contributed by atoms with Crippen molar-refractivity contribution in [2.24, 2.45) is 5.10 Å². The maximum absolute atomic E-state index is 12.0. The molecule has 0 atom stereocenters. The van der Waals surface area contributed by atoms with Crippen molar-refractivity contribution in [1.29, 1.82) is 0 Å². The van der Waals surface area contributed by atoms with E-state index in [4.69, 9.17) is 16.3 Å². The first kappa shape index (κ1) is 21.6. The summed E-state index contributed by atoms with van der Waals surface area (Å²) in [6.07, 6.45) is 1.47. The van der Waals surface area contributed by atoms with Gasteiger partial charge < -0.3 is 9.84 Å². The SMILES string of the molecule is COc1cc(/C=N/NC(=O)CSc2nc(-c3ccc(Cl)cc3)cs2)cc(Br)c1O. The van der Waals surface area contributed by atoms with Crippen molar-refractivity contribution < 1.29 is 14.6 Å². The van der Waals surface area contributed by atoms with Gasteiger partial charge in [-0.1, -0.05) is 35.5 Å². The molecule has 1 amide bonds. The fourth-order valence-corrected chi connectivity index (χ4v) is 4.45. The lowest BCUT2D eigenvalue weighted by Crippen LogP contribution is -2.19. The molecule has 10 heteroatoms. The number of halogens is 2. The topological polar surface area (TPSA) is 83.8 Å². The lowest BCUT2D eigenvalue weighted by Gasteiger charge is -2.06. The van der Waals surface area contributed by atoms with Crippen LogP contribution >= 0.6 is 50.6 Å². The molecule has 0 bridgehead atoms. The molecule has 150 valence electrons. The number of methoxy groups -OCH3 is 1. The highest BCUT2D eigenvalue weighted by atomic mass is 79.9. The molecule has 0 fully saturated rings. The molecule has 1 aromatic heterocycles. The van der Waals surface area contributed by atoms with Crippen LogP contribution in [0.1, 0.15) is 5.56 Å². The van der Waals surface area contributed by atoms with Gasteiger partial charge in [0.1, 0.15) is 0 Å². The second-order valence-corrected chi connectivity index (χ2v) is 9.01. The van der Waals surface area contributed by atoms with Gasteiger partial charge >= 0.3 is 0 Å². The van der Waals surface area contributed by atoms with Crippen molar-refractivity contribution in [2.75, 3.05) is 12.9 Å². The van der Waals surface area contributed by atoms with Gasteiger partial charge in [0.2, 0.25) is 0 Å². The molecule has 2 N–H and O–H groups in total. The van der Waals surface area contributed by atoms with E-state index in [1.165, 1.54) is 36.4 Å². The number of nitrogens with zero attached hydrogens (tertiary/aromatic N) is 2. The smallest absolute Gasteiger partial charge is 0.250 e. The van der Waals surface area contributed by atoms with Crippen LogP contribution in [0.3, 0.4) is 0 Å². The van der Waals surface area contributed by atoms with E-state index in [-0.39, 0.29) is 17.4 Å². The fourth-order valence-electron chi connectivity index (χ4n) is 2.24. The van der Waals surface area contributed by atoms with E-state index in [0.29, 0.717) is 20.8 Å². The van der Waals surface area contributed by atoms with Crippen molar-refractivity contribution in [3.8, 4) is 22.8 Å². The third kappa shape index (κ3) is 5.96. The summed E-state index contributed by atoms with van der Waals surface area (Å²) in [4.78, 5) is 16.5. The molecule has 0 spiro atoms. The van der Waals surface area contributed by atoms with Crippen LogP contribution in [-0.4, -0.2) is 35.1 Å². The Kier molecular flexibility index (Phi) is 7.54. The van der Waals surface area contributed by atoms with Crippen molar-refractivity contribution in [1.82, 2.24) is 10.4 Å². The number of hydrogen-bond acceptors (Lipinski definition) is 7. The van der Waals surface area contributed by atoms with Gasteiger partial charge in [-0.2, -0.15) is 5.10 Å². The minimum absolute atomic E-state index is 0.00602. The number of hydrazone groups is 1. The number of carbonyl (C=O) groups is 1. The second-order valence-electron chi connectivity index (χ2n) is 5.64. The minimum Gasteiger partial charge on any atom is -0.503 e. The van der Waals surface area contributed by atoms with Crippen LogP contribution in [-0.2, 0) is 4.79 Å². The summed E-state index contributed by atoms with van der Waals surface area (Å²) in [5.74, 6) is 0.252. The Morgan fingerprint density at radius 2 is 2.17 bits per heavy atom. The van der Waals surface area contributed by atoms with Crippen LogP contribution in [0.25, 0.3) is 11.3 Å². The van der Waals surface area contributed by atoms with Crippen LogP contribution in [0.4, 0.5) is 0 Å². The first-order chi connectivity index (χ1) is 14.0. The first-order valence-corrected chi connectivity index (χ1v) is 11.2. The van der Waals surface area contributed by atoms with E-state index in [1.54, 1.807) is 12.1 Å². The number of aromatic hydroxyl groups is 1. The summed E-state index contributed by atoms with van der Waals surface area (Å²) < 4.78 is 6.34. The van der Waals surface area contributed by atoms with Gasteiger partial charge in [-0.05, 0) is 45.8 Å². The van der Waals surface area contributed by atoms with Crippen LogP contribution in [0, 0.1) is 0 Å². The van der Waals surface area contributed by atoms with E-state index in [0.717, 1.165) is 15.6 Å². The van der Waals surface area contributed by atoms with Gasteiger partial charge in [0, 0.05) is 16.0 Å². The van der Waals surface area contributed by atoms with Gasteiger partial charge in [0.05, 0.1) is 29.2 Å². The van der Waals surface area contributed by atoms with Gasteiger partial charge in [0.25, 0.3) is 5.91 Å². The second kappa shape index (κ2) is 10.1. The molecule has 29 heavy (non-hydrogen) atoms. The maximum atomic E-state index is 12.0. The Morgan fingerprint density at radius 1 is 1.41 bits per heavy atom. The van der Waals surface area contributed by atoms with Crippen LogP contribution in [0.2, 0.25) is 5.02 Å². The molecule has 0 radical (unpaired) electrons. The Bertz CT molecular complexity index is 1040. The summed E-state index contributed by atoms with van der Waals surface area (Å²) in [5.41, 5.74) is 4.95. The highest BCUT2D eigenvalue weighted by Crippen LogP contribution is 2.34. The van der Waals surface area contributed by atoms with Gasteiger partial charge in [-0.25, -0.2) is 10.4 Å². The zero-order valence-corrected chi connectivity index (χ0v) is 19.0. The lowest BCUT2D eigenvalue weighted by atomic mass is 10.2. The van der Waals surface area contributed by atoms with E-state index in [2.05, 4.69) is 31.4 Å². The Hall–Kier alpha value is -2.07. The van der Waals surface area contributed by atoms with E-state index in [1.807, 2.05) is 29.6 Å². The predicted molar refractivity (Wildman–Crippen MR) is 121 cm³/mol. The van der Waals surface area contributed by atoms with Crippen LogP contribution < -0.4 is 10.2 Å². The number of phenols is 1. The Balaban J connectivity index is 1.52. The van der Waals surface area contributed by atoms with Gasteiger partial charge in [0.15, 0.2) is 15.8 Å². The largest absolute Gasteiger partial charge is 0.503 e. The van der Waals surface area contributed by atoms with E-state index in [9.17, 15) is 9.90 Å². The highest BCUT2D eigenvalue weighted by molar-refractivity contribution is 9.10. The number of rotatable bonds is 7. The third-order valence-electron chi connectivity index (χ3n) is 3.62. The number of benzene rings is 2. The van der Waals surface area contributed by atoms with Crippen molar-refractivity contribution in [3.63, 3.8) is 0 Å². The van der Waals surface area contributed by atoms with Crippen molar-refractivity contribution >= 4 is 62.8 Å². The molecule has 0 aliphatic heterocycles. The number of phenolic OH excluding ortho intramolecular Hbond substituents is 1. The Morgan fingerprint density at radius 3 is 2.90 bits per heavy atom. The molecular weight excluding hydrogens is 498 g/mol. The summed E-state index contributed by atoms with van der Waals surface area (Å²) >= 11 is 12.0. The standard InChI is InChI=1S/C19H15BrClN3O3S2/c1-27-16-7-11(6-14(20)18(16)26)8-22-24-17(25)10-29-19-23-15(9-28-19)12-2-4-13(21)5-3-12/h2-9,26H,10H2,1H3,(H,24,25)/b22-8+. The number of amides is 1. The molecule has 3 aromatic rings. The molecule has 0 saturated carbocycles.